The van der Waals surface area contributed by atoms with E-state index in [9.17, 15) is 0 Å². The SMILES string of the molecule is COc1ccc(-c2csc(-c3nnn(-c4ccc(Cl)cc4)c3N)n2)cc1. The van der Waals surface area contributed by atoms with Crippen LogP contribution < -0.4 is 10.5 Å². The van der Waals surface area contributed by atoms with E-state index in [1.807, 2.05) is 41.8 Å². The summed E-state index contributed by atoms with van der Waals surface area (Å²) in [4.78, 5) is 4.65. The minimum atomic E-state index is 0.433. The van der Waals surface area contributed by atoms with Gasteiger partial charge in [0.25, 0.3) is 0 Å². The first kappa shape index (κ1) is 16.6. The number of ether oxygens (including phenoxy) is 1. The van der Waals surface area contributed by atoms with Crippen LogP contribution in [0, 0.1) is 0 Å². The Kier molecular flexibility index (Phi) is 4.32. The summed E-state index contributed by atoms with van der Waals surface area (Å²) in [5, 5.41) is 11.7. The number of halogens is 1. The molecule has 4 rings (SSSR count). The van der Waals surface area contributed by atoms with Gasteiger partial charge in [0.1, 0.15) is 10.8 Å². The van der Waals surface area contributed by atoms with Gasteiger partial charge in [0.15, 0.2) is 11.5 Å². The van der Waals surface area contributed by atoms with Crippen LogP contribution in [0.25, 0.3) is 27.6 Å². The second kappa shape index (κ2) is 6.78. The number of hydrogen-bond acceptors (Lipinski definition) is 6. The topological polar surface area (TPSA) is 78.9 Å². The van der Waals surface area contributed by atoms with Crippen LogP contribution in [-0.2, 0) is 0 Å². The Morgan fingerprint density at radius 2 is 1.81 bits per heavy atom. The Bertz CT molecular complexity index is 1040. The Labute approximate surface area is 158 Å². The monoisotopic (exact) mass is 383 g/mol. The Morgan fingerprint density at radius 3 is 2.50 bits per heavy atom. The van der Waals surface area contributed by atoms with E-state index >= 15 is 0 Å². The summed E-state index contributed by atoms with van der Waals surface area (Å²) < 4.78 is 6.75. The molecule has 0 fully saturated rings. The number of nitrogens with zero attached hydrogens (tertiary/aromatic N) is 4. The van der Waals surface area contributed by atoms with Gasteiger partial charge in [0, 0.05) is 16.0 Å². The lowest BCUT2D eigenvalue weighted by molar-refractivity contribution is 0.415. The first-order chi connectivity index (χ1) is 12.7. The highest BCUT2D eigenvalue weighted by atomic mass is 35.5. The number of nitrogen functional groups attached to an aromatic ring is 1. The van der Waals surface area contributed by atoms with Crippen molar-refractivity contribution in [1.29, 1.82) is 0 Å². The van der Waals surface area contributed by atoms with Crippen molar-refractivity contribution >= 4 is 28.8 Å². The number of anilines is 1. The second-order valence-corrected chi connectivity index (χ2v) is 6.77. The quantitative estimate of drug-likeness (QED) is 0.568. The largest absolute Gasteiger partial charge is 0.497 e. The molecule has 0 atom stereocenters. The number of benzene rings is 2. The summed E-state index contributed by atoms with van der Waals surface area (Å²) in [6.07, 6.45) is 0. The van der Waals surface area contributed by atoms with Crippen molar-refractivity contribution in [3.05, 3.63) is 58.9 Å². The fourth-order valence-electron chi connectivity index (χ4n) is 2.49. The molecule has 0 amide bonds. The molecule has 0 saturated heterocycles. The van der Waals surface area contributed by atoms with E-state index in [4.69, 9.17) is 22.1 Å². The van der Waals surface area contributed by atoms with Crippen molar-refractivity contribution in [2.75, 3.05) is 12.8 Å². The van der Waals surface area contributed by atoms with Crippen LogP contribution in [0.2, 0.25) is 5.02 Å². The molecular formula is C18H14ClN5OS. The van der Waals surface area contributed by atoms with Gasteiger partial charge in [-0.3, -0.25) is 0 Å². The van der Waals surface area contributed by atoms with E-state index in [0.717, 1.165) is 22.7 Å². The fourth-order valence-corrected chi connectivity index (χ4v) is 3.44. The lowest BCUT2D eigenvalue weighted by atomic mass is 10.2. The molecule has 2 aromatic carbocycles. The van der Waals surface area contributed by atoms with Gasteiger partial charge in [-0.2, -0.15) is 4.68 Å². The van der Waals surface area contributed by atoms with Gasteiger partial charge in [0.05, 0.1) is 18.5 Å². The highest BCUT2D eigenvalue weighted by Gasteiger charge is 2.17. The van der Waals surface area contributed by atoms with Crippen LogP contribution in [0.1, 0.15) is 0 Å². The molecule has 0 aliphatic rings. The lowest BCUT2D eigenvalue weighted by Gasteiger charge is -2.02. The fraction of sp³-hybridized carbons (Fsp3) is 0.0556. The average Bonchev–Trinajstić information content (AvgIpc) is 3.29. The zero-order valence-corrected chi connectivity index (χ0v) is 15.3. The molecule has 2 N–H and O–H groups in total. The van der Waals surface area contributed by atoms with Crippen molar-refractivity contribution in [3.8, 4) is 33.4 Å². The number of methoxy groups -OCH3 is 1. The minimum Gasteiger partial charge on any atom is -0.497 e. The Balaban J connectivity index is 1.66. The molecule has 0 bridgehead atoms. The van der Waals surface area contributed by atoms with Gasteiger partial charge in [-0.25, -0.2) is 4.98 Å². The van der Waals surface area contributed by atoms with Crippen LogP contribution in [0.3, 0.4) is 0 Å². The molecule has 6 nitrogen and oxygen atoms in total. The molecule has 0 unspecified atom stereocenters. The third-order valence-electron chi connectivity index (χ3n) is 3.87. The normalized spacial score (nSPS) is 10.8. The van der Waals surface area contributed by atoms with Crippen molar-refractivity contribution in [2.45, 2.75) is 0 Å². The maximum absolute atomic E-state index is 6.25. The number of rotatable bonds is 4. The number of thiazole rings is 1. The molecule has 0 aliphatic heterocycles. The van der Waals surface area contributed by atoms with Crippen LogP contribution in [0.4, 0.5) is 5.82 Å². The van der Waals surface area contributed by atoms with Crippen LogP contribution in [0.15, 0.2) is 53.9 Å². The third kappa shape index (κ3) is 3.02. The van der Waals surface area contributed by atoms with Crippen molar-refractivity contribution in [3.63, 3.8) is 0 Å². The number of hydrogen-bond donors (Lipinski definition) is 1. The molecule has 130 valence electrons. The smallest absolute Gasteiger partial charge is 0.165 e. The highest BCUT2D eigenvalue weighted by molar-refractivity contribution is 7.13. The standard InChI is InChI=1S/C18H14ClN5OS/c1-25-14-8-2-11(3-9-14)15-10-26-18(21-15)16-17(20)24(23-22-16)13-6-4-12(19)5-7-13/h2-10H,20H2,1H3. The van der Waals surface area contributed by atoms with Crippen molar-refractivity contribution in [1.82, 2.24) is 20.0 Å². The molecule has 0 saturated carbocycles. The summed E-state index contributed by atoms with van der Waals surface area (Å²) in [5.74, 6) is 1.24. The molecule has 0 aliphatic carbocycles. The molecular weight excluding hydrogens is 370 g/mol. The van der Waals surface area contributed by atoms with Crippen molar-refractivity contribution in [2.24, 2.45) is 0 Å². The summed E-state index contributed by atoms with van der Waals surface area (Å²) in [6.45, 7) is 0. The minimum absolute atomic E-state index is 0.433. The highest BCUT2D eigenvalue weighted by Crippen LogP contribution is 2.32. The van der Waals surface area contributed by atoms with E-state index in [1.165, 1.54) is 11.3 Å². The Hall–Kier alpha value is -2.90. The molecule has 4 aromatic rings. The van der Waals surface area contributed by atoms with E-state index < -0.39 is 0 Å². The lowest BCUT2D eigenvalue weighted by Crippen LogP contribution is -2.02. The van der Waals surface area contributed by atoms with E-state index in [2.05, 4.69) is 15.3 Å². The van der Waals surface area contributed by atoms with Gasteiger partial charge < -0.3 is 10.5 Å². The summed E-state index contributed by atoms with van der Waals surface area (Å²) >= 11 is 7.40. The molecule has 8 heteroatoms. The third-order valence-corrected chi connectivity index (χ3v) is 4.97. The average molecular weight is 384 g/mol. The van der Waals surface area contributed by atoms with Gasteiger partial charge in [-0.05, 0) is 48.5 Å². The molecule has 0 spiro atoms. The Morgan fingerprint density at radius 1 is 1.08 bits per heavy atom. The molecule has 0 radical (unpaired) electrons. The van der Waals surface area contributed by atoms with E-state index in [0.29, 0.717) is 21.5 Å². The van der Waals surface area contributed by atoms with Gasteiger partial charge >= 0.3 is 0 Å². The molecule has 2 aromatic heterocycles. The van der Waals surface area contributed by atoms with Crippen LogP contribution in [0.5, 0.6) is 5.75 Å². The maximum Gasteiger partial charge on any atom is 0.165 e. The first-order valence-electron chi connectivity index (χ1n) is 7.73. The molecule has 26 heavy (non-hydrogen) atoms. The second-order valence-electron chi connectivity index (χ2n) is 5.48. The first-order valence-corrected chi connectivity index (χ1v) is 8.99. The van der Waals surface area contributed by atoms with Gasteiger partial charge in [0.2, 0.25) is 0 Å². The summed E-state index contributed by atoms with van der Waals surface area (Å²) in [6, 6.07) is 15.0. The zero-order chi connectivity index (χ0) is 18.1. The van der Waals surface area contributed by atoms with Crippen molar-refractivity contribution < 1.29 is 4.74 Å². The van der Waals surface area contributed by atoms with Crippen LogP contribution in [-0.4, -0.2) is 27.1 Å². The summed E-state index contributed by atoms with van der Waals surface area (Å²) in [5.41, 5.74) is 9.45. The predicted molar refractivity (Wildman–Crippen MR) is 104 cm³/mol. The van der Waals surface area contributed by atoms with E-state index in [-0.39, 0.29) is 0 Å². The van der Waals surface area contributed by atoms with Gasteiger partial charge in [-0.1, -0.05) is 16.8 Å². The van der Waals surface area contributed by atoms with E-state index in [1.54, 1.807) is 23.9 Å². The zero-order valence-electron chi connectivity index (χ0n) is 13.8. The maximum atomic E-state index is 6.25. The van der Waals surface area contributed by atoms with Gasteiger partial charge in [-0.15, -0.1) is 16.4 Å². The predicted octanol–water partition coefficient (Wildman–Crippen LogP) is 4.30. The number of aromatic nitrogens is 4. The summed E-state index contributed by atoms with van der Waals surface area (Å²) in [7, 11) is 1.64. The van der Waals surface area contributed by atoms with Crippen LogP contribution >= 0.6 is 22.9 Å². The number of nitrogens with two attached hydrogens (primary N) is 1. The molecule has 2 heterocycles.